The van der Waals surface area contributed by atoms with Crippen molar-refractivity contribution >= 4 is 28.3 Å². The molecule has 0 aliphatic rings. The molecule has 0 saturated carbocycles. The first-order valence-electron chi connectivity index (χ1n) is 5.22. The Kier molecular flexibility index (Phi) is 4.89. The van der Waals surface area contributed by atoms with Gasteiger partial charge >= 0.3 is 5.97 Å². The van der Waals surface area contributed by atoms with Gasteiger partial charge in [0.15, 0.2) is 5.13 Å². The highest BCUT2D eigenvalue weighted by atomic mass is 32.1. The highest BCUT2D eigenvalue weighted by Gasteiger charge is 2.16. The quantitative estimate of drug-likeness (QED) is 0.688. The second-order valence-corrected chi connectivity index (χ2v) is 4.49. The van der Waals surface area contributed by atoms with Crippen LogP contribution in [0, 0.1) is 5.92 Å². The number of aromatic nitrogens is 1. The van der Waals surface area contributed by atoms with Gasteiger partial charge in [-0.25, -0.2) is 4.98 Å². The summed E-state index contributed by atoms with van der Waals surface area (Å²) in [5.41, 5.74) is 6.04. The molecule has 7 heteroatoms. The molecule has 0 saturated heterocycles. The fourth-order valence-corrected chi connectivity index (χ4v) is 1.84. The fraction of sp³-hybridized carbons (Fsp3) is 0.500. The number of carbonyl (C=O) groups is 2. The van der Waals surface area contributed by atoms with Crippen molar-refractivity contribution in [2.75, 3.05) is 12.3 Å². The van der Waals surface area contributed by atoms with Crippen LogP contribution >= 0.6 is 11.3 Å². The molecule has 17 heavy (non-hydrogen) atoms. The number of carboxylic acids is 1. The normalized spacial score (nSPS) is 12.1. The maximum atomic E-state index is 11.5. The van der Waals surface area contributed by atoms with Crippen molar-refractivity contribution in [1.82, 2.24) is 10.3 Å². The Balaban J connectivity index is 2.37. The molecule has 1 atom stereocenters. The van der Waals surface area contributed by atoms with Crippen molar-refractivity contribution in [3.8, 4) is 0 Å². The summed E-state index contributed by atoms with van der Waals surface area (Å²) >= 11 is 1.27. The SMILES string of the molecule is CCC(CNC(=O)Cc1csc(N)n1)C(=O)O. The third-order valence-corrected chi connectivity index (χ3v) is 3.02. The van der Waals surface area contributed by atoms with Gasteiger partial charge in [0.2, 0.25) is 5.91 Å². The summed E-state index contributed by atoms with van der Waals surface area (Å²) in [5, 5.41) is 13.5. The van der Waals surface area contributed by atoms with Crippen LogP contribution in [0.3, 0.4) is 0 Å². The first kappa shape index (κ1) is 13.4. The van der Waals surface area contributed by atoms with Crippen LogP contribution in [-0.4, -0.2) is 28.5 Å². The summed E-state index contributed by atoms with van der Waals surface area (Å²) in [4.78, 5) is 26.2. The van der Waals surface area contributed by atoms with Crippen LogP contribution in [0.5, 0.6) is 0 Å². The second-order valence-electron chi connectivity index (χ2n) is 3.60. The first-order valence-corrected chi connectivity index (χ1v) is 6.10. The molecule has 94 valence electrons. The molecule has 0 fully saturated rings. The number of carbonyl (C=O) groups excluding carboxylic acids is 1. The monoisotopic (exact) mass is 257 g/mol. The minimum Gasteiger partial charge on any atom is -0.481 e. The molecule has 1 rings (SSSR count). The Labute approximate surface area is 103 Å². The lowest BCUT2D eigenvalue weighted by molar-refractivity contribution is -0.141. The van der Waals surface area contributed by atoms with Gasteiger partial charge in [0.25, 0.3) is 0 Å². The number of hydrogen-bond donors (Lipinski definition) is 3. The van der Waals surface area contributed by atoms with Crippen LogP contribution in [-0.2, 0) is 16.0 Å². The van der Waals surface area contributed by atoms with E-state index in [0.717, 1.165) is 0 Å². The molecular weight excluding hydrogens is 242 g/mol. The minimum atomic E-state index is -0.897. The van der Waals surface area contributed by atoms with Crippen molar-refractivity contribution in [3.05, 3.63) is 11.1 Å². The number of anilines is 1. The number of nitrogens with two attached hydrogens (primary N) is 1. The van der Waals surface area contributed by atoms with E-state index in [4.69, 9.17) is 10.8 Å². The molecule has 0 spiro atoms. The van der Waals surface area contributed by atoms with Crippen molar-refractivity contribution in [2.45, 2.75) is 19.8 Å². The van der Waals surface area contributed by atoms with Gasteiger partial charge in [0, 0.05) is 11.9 Å². The van der Waals surface area contributed by atoms with E-state index >= 15 is 0 Å². The third-order valence-electron chi connectivity index (χ3n) is 2.30. The molecule has 0 bridgehead atoms. The second kappa shape index (κ2) is 6.19. The Hall–Kier alpha value is -1.63. The molecule has 1 heterocycles. The lowest BCUT2D eigenvalue weighted by Crippen LogP contribution is -2.33. The topological polar surface area (TPSA) is 105 Å². The molecular formula is C10H15N3O3S. The van der Waals surface area contributed by atoms with Gasteiger partial charge in [-0.3, -0.25) is 9.59 Å². The van der Waals surface area contributed by atoms with Crippen molar-refractivity contribution < 1.29 is 14.7 Å². The molecule has 4 N–H and O–H groups in total. The van der Waals surface area contributed by atoms with Crippen LogP contribution in [0.2, 0.25) is 0 Å². The maximum absolute atomic E-state index is 11.5. The van der Waals surface area contributed by atoms with E-state index in [1.807, 2.05) is 0 Å². The lowest BCUT2D eigenvalue weighted by Gasteiger charge is -2.10. The minimum absolute atomic E-state index is 0.129. The summed E-state index contributed by atoms with van der Waals surface area (Å²) in [6.45, 7) is 1.91. The molecule has 0 aliphatic heterocycles. The van der Waals surface area contributed by atoms with Gasteiger partial charge in [0.1, 0.15) is 0 Å². The molecule has 6 nitrogen and oxygen atoms in total. The number of nitrogen functional groups attached to an aromatic ring is 1. The average Bonchev–Trinajstić information content (AvgIpc) is 2.64. The van der Waals surface area contributed by atoms with Gasteiger partial charge in [-0.2, -0.15) is 0 Å². The Bertz CT molecular complexity index is 405. The standard InChI is InChI=1S/C10H15N3O3S/c1-2-6(9(15)16)4-12-8(14)3-7-5-17-10(11)13-7/h5-6H,2-4H2,1H3,(H2,11,13)(H,12,14)(H,15,16). The Morgan fingerprint density at radius 3 is 2.82 bits per heavy atom. The van der Waals surface area contributed by atoms with Gasteiger partial charge in [-0.15, -0.1) is 11.3 Å². The molecule has 1 aromatic heterocycles. The smallest absolute Gasteiger partial charge is 0.308 e. The number of hydrogen-bond acceptors (Lipinski definition) is 5. The highest BCUT2D eigenvalue weighted by Crippen LogP contribution is 2.11. The largest absolute Gasteiger partial charge is 0.481 e. The summed E-state index contributed by atoms with van der Waals surface area (Å²) < 4.78 is 0. The fourth-order valence-electron chi connectivity index (χ4n) is 1.27. The van der Waals surface area contributed by atoms with Crippen molar-refractivity contribution in [1.29, 1.82) is 0 Å². The van der Waals surface area contributed by atoms with E-state index in [1.165, 1.54) is 11.3 Å². The molecule has 1 amide bonds. The van der Waals surface area contributed by atoms with Crippen molar-refractivity contribution in [2.24, 2.45) is 5.92 Å². The number of amides is 1. The summed E-state index contributed by atoms with van der Waals surface area (Å²) in [6.07, 6.45) is 0.614. The van der Waals surface area contributed by atoms with Crippen LogP contribution < -0.4 is 11.1 Å². The number of rotatable bonds is 6. The zero-order chi connectivity index (χ0) is 12.8. The lowest BCUT2D eigenvalue weighted by atomic mass is 10.1. The van der Waals surface area contributed by atoms with E-state index < -0.39 is 11.9 Å². The Morgan fingerprint density at radius 2 is 2.35 bits per heavy atom. The number of thiazole rings is 1. The molecule has 1 unspecified atom stereocenters. The summed E-state index contributed by atoms with van der Waals surface area (Å²) in [6, 6.07) is 0. The average molecular weight is 257 g/mol. The van der Waals surface area contributed by atoms with Crippen LogP contribution in [0.15, 0.2) is 5.38 Å². The van der Waals surface area contributed by atoms with Gasteiger partial charge in [0.05, 0.1) is 18.0 Å². The van der Waals surface area contributed by atoms with Crippen LogP contribution in [0.4, 0.5) is 5.13 Å². The highest BCUT2D eigenvalue weighted by molar-refractivity contribution is 7.13. The predicted molar refractivity (Wildman–Crippen MR) is 64.7 cm³/mol. The number of nitrogens with one attached hydrogen (secondary N) is 1. The van der Waals surface area contributed by atoms with E-state index in [0.29, 0.717) is 17.2 Å². The maximum Gasteiger partial charge on any atom is 0.308 e. The van der Waals surface area contributed by atoms with E-state index in [-0.39, 0.29) is 18.9 Å². The third kappa shape index (κ3) is 4.39. The van der Waals surface area contributed by atoms with Gasteiger partial charge < -0.3 is 16.2 Å². The van der Waals surface area contributed by atoms with E-state index in [1.54, 1.807) is 12.3 Å². The zero-order valence-corrected chi connectivity index (χ0v) is 10.3. The van der Waals surface area contributed by atoms with E-state index in [2.05, 4.69) is 10.3 Å². The first-order chi connectivity index (χ1) is 8.02. The number of aliphatic carboxylic acids is 1. The summed E-state index contributed by atoms with van der Waals surface area (Å²) in [7, 11) is 0. The molecule has 1 aromatic rings. The predicted octanol–water partition coefficient (Wildman–Crippen LogP) is 0.495. The van der Waals surface area contributed by atoms with Crippen LogP contribution in [0.1, 0.15) is 19.0 Å². The number of carboxylic acid groups (broad SMARTS) is 1. The molecule has 0 radical (unpaired) electrons. The Morgan fingerprint density at radius 1 is 1.65 bits per heavy atom. The molecule has 0 aromatic carbocycles. The summed E-state index contributed by atoms with van der Waals surface area (Å²) in [5.74, 6) is -1.68. The van der Waals surface area contributed by atoms with Crippen LogP contribution in [0.25, 0.3) is 0 Å². The zero-order valence-electron chi connectivity index (χ0n) is 9.47. The van der Waals surface area contributed by atoms with Crippen molar-refractivity contribution in [3.63, 3.8) is 0 Å². The van der Waals surface area contributed by atoms with Gasteiger partial charge in [-0.05, 0) is 6.42 Å². The molecule has 0 aliphatic carbocycles. The number of nitrogens with zero attached hydrogens (tertiary/aromatic N) is 1. The van der Waals surface area contributed by atoms with Gasteiger partial charge in [-0.1, -0.05) is 6.92 Å². The van der Waals surface area contributed by atoms with E-state index in [9.17, 15) is 9.59 Å².